The molecule has 1 atom stereocenters. The zero-order chi connectivity index (χ0) is 16.4. The quantitative estimate of drug-likeness (QED) is 0.556. The van der Waals surface area contributed by atoms with Crippen molar-refractivity contribution in [3.05, 3.63) is 79.8 Å². The molecular formula is C17H14ClN3O2. The summed E-state index contributed by atoms with van der Waals surface area (Å²) in [5.41, 5.74) is 1.11. The number of halogens is 1. The van der Waals surface area contributed by atoms with Crippen molar-refractivity contribution in [2.75, 3.05) is 10.6 Å². The number of rotatable bonds is 5. The minimum atomic E-state index is -0.541. The molecule has 116 valence electrons. The van der Waals surface area contributed by atoms with Crippen LogP contribution in [0.2, 0.25) is 5.15 Å². The van der Waals surface area contributed by atoms with E-state index < -0.39 is 10.9 Å². The maximum Gasteiger partial charge on any atom is 0.253 e. The molecule has 6 heteroatoms. The topological polar surface area (TPSA) is 71.1 Å². The van der Waals surface area contributed by atoms with Gasteiger partial charge in [-0.15, -0.1) is 0 Å². The van der Waals surface area contributed by atoms with Gasteiger partial charge in [0.25, 0.3) is 10.9 Å². The van der Waals surface area contributed by atoms with Gasteiger partial charge in [0.05, 0.1) is 0 Å². The fraction of sp³-hybridized carbons (Fsp3) is 0.118. The molecule has 1 aromatic heterocycles. The summed E-state index contributed by atoms with van der Waals surface area (Å²) < 4.78 is 0. The molecule has 2 N–H and O–H groups in total. The molecule has 0 radical (unpaired) electrons. The zero-order valence-electron chi connectivity index (χ0n) is 12.3. The van der Waals surface area contributed by atoms with Gasteiger partial charge in [-0.2, -0.15) is 0 Å². The predicted octanol–water partition coefficient (Wildman–Crippen LogP) is 3.25. The van der Waals surface area contributed by atoms with Crippen LogP contribution in [-0.2, 0) is 0 Å². The number of aromatic nitrogens is 1. The molecule has 0 aliphatic carbocycles. The summed E-state index contributed by atoms with van der Waals surface area (Å²) in [6.45, 7) is 1.93. The second kappa shape index (κ2) is 6.22. The van der Waals surface area contributed by atoms with Crippen LogP contribution in [0, 0.1) is 0 Å². The van der Waals surface area contributed by atoms with Crippen molar-refractivity contribution < 1.29 is 0 Å². The number of nitrogens with zero attached hydrogens (tertiary/aromatic N) is 1. The van der Waals surface area contributed by atoms with Gasteiger partial charge in [0.15, 0.2) is 0 Å². The van der Waals surface area contributed by atoms with E-state index in [9.17, 15) is 9.59 Å². The summed E-state index contributed by atoms with van der Waals surface area (Å²) >= 11 is 5.82. The van der Waals surface area contributed by atoms with Crippen molar-refractivity contribution in [3.63, 3.8) is 0 Å². The highest BCUT2D eigenvalue weighted by molar-refractivity contribution is 6.29. The Labute approximate surface area is 137 Å². The monoisotopic (exact) mass is 327 g/mol. The molecular weight excluding hydrogens is 314 g/mol. The minimum Gasteiger partial charge on any atom is -0.373 e. The van der Waals surface area contributed by atoms with Gasteiger partial charge < -0.3 is 10.6 Å². The van der Waals surface area contributed by atoms with Crippen LogP contribution in [0.5, 0.6) is 0 Å². The third kappa shape index (κ3) is 3.10. The first kappa shape index (κ1) is 15.2. The lowest BCUT2D eigenvalue weighted by Crippen LogP contribution is -2.37. The van der Waals surface area contributed by atoms with Crippen LogP contribution < -0.4 is 21.5 Å². The van der Waals surface area contributed by atoms with Crippen molar-refractivity contribution in [1.82, 2.24) is 4.98 Å². The lowest BCUT2D eigenvalue weighted by molar-refractivity contribution is 0.880. The number of hydrogen-bond donors (Lipinski definition) is 2. The van der Waals surface area contributed by atoms with Crippen LogP contribution in [0.4, 0.5) is 17.1 Å². The second-order valence-corrected chi connectivity index (χ2v) is 5.56. The first-order valence-electron chi connectivity index (χ1n) is 7.09. The number of anilines is 3. The van der Waals surface area contributed by atoms with Gasteiger partial charge >= 0.3 is 0 Å². The molecule has 23 heavy (non-hydrogen) atoms. The Morgan fingerprint density at radius 3 is 2.43 bits per heavy atom. The molecule has 0 aliphatic heterocycles. The highest BCUT2D eigenvalue weighted by Gasteiger charge is 2.22. The van der Waals surface area contributed by atoms with Crippen molar-refractivity contribution in [3.8, 4) is 0 Å². The van der Waals surface area contributed by atoms with Crippen molar-refractivity contribution >= 4 is 28.7 Å². The normalized spacial score (nSPS) is 12.1. The van der Waals surface area contributed by atoms with Gasteiger partial charge in [0.1, 0.15) is 16.5 Å². The van der Waals surface area contributed by atoms with E-state index in [-0.39, 0.29) is 11.7 Å². The molecule has 0 aliphatic rings. The van der Waals surface area contributed by atoms with Crippen molar-refractivity contribution in [1.29, 1.82) is 0 Å². The summed E-state index contributed by atoms with van der Waals surface area (Å²) in [6, 6.07) is 12.9. The Morgan fingerprint density at radius 1 is 1.04 bits per heavy atom. The molecule has 2 aromatic carbocycles. The van der Waals surface area contributed by atoms with Crippen LogP contribution in [0.3, 0.4) is 0 Å². The average molecular weight is 328 g/mol. The van der Waals surface area contributed by atoms with E-state index in [1.54, 1.807) is 12.1 Å². The summed E-state index contributed by atoms with van der Waals surface area (Å²) in [6.07, 6.45) is 1.52. The molecule has 0 saturated heterocycles. The smallest absolute Gasteiger partial charge is 0.253 e. The number of nitrogens with one attached hydrogen (secondary N) is 2. The molecule has 5 nitrogen and oxygen atoms in total. The van der Waals surface area contributed by atoms with Crippen LogP contribution in [0.15, 0.2) is 58.3 Å². The Bertz CT molecular complexity index is 902. The first-order valence-corrected chi connectivity index (χ1v) is 7.47. The molecule has 0 unspecified atom stereocenters. The fourth-order valence-corrected chi connectivity index (χ4v) is 2.49. The molecule has 1 heterocycles. The van der Waals surface area contributed by atoms with E-state index in [1.807, 2.05) is 37.3 Å². The van der Waals surface area contributed by atoms with Crippen LogP contribution in [-0.4, -0.2) is 4.98 Å². The van der Waals surface area contributed by atoms with E-state index in [4.69, 9.17) is 11.6 Å². The maximum absolute atomic E-state index is 11.8. The Morgan fingerprint density at radius 2 is 1.74 bits per heavy atom. The Hall–Kier alpha value is -2.66. The largest absolute Gasteiger partial charge is 0.373 e. The molecule has 0 fully saturated rings. The zero-order valence-corrected chi connectivity index (χ0v) is 13.1. The number of benzene rings is 1. The van der Waals surface area contributed by atoms with Crippen LogP contribution in [0.1, 0.15) is 18.5 Å². The van der Waals surface area contributed by atoms with Crippen LogP contribution in [0.25, 0.3) is 0 Å². The molecule has 0 spiro atoms. The van der Waals surface area contributed by atoms with Gasteiger partial charge in [0, 0.05) is 17.9 Å². The Kier molecular flexibility index (Phi) is 4.12. The molecule has 3 aromatic rings. The van der Waals surface area contributed by atoms with Crippen molar-refractivity contribution in [2.24, 2.45) is 0 Å². The Balaban J connectivity index is 1.83. The fourth-order valence-electron chi connectivity index (χ4n) is 2.31. The SMILES string of the molecule is C[C@@H](Nc1c(Nc2ccnc(Cl)c2)c(=O)c1=O)c1ccccc1. The van der Waals surface area contributed by atoms with Gasteiger partial charge in [-0.1, -0.05) is 41.9 Å². The summed E-state index contributed by atoms with van der Waals surface area (Å²) in [5.74, 6) is 0. The van der Waals surface area contributed by atoms with Crippen molar-refractivity contribution in [2.45, 2.75) is 13.0 Å². The van der Waals surface area contributed by atoms with E-state index in [1.165, 1.54) is 6.20 Å². The average Bonchev–Trinajstić information content (AvgIpc) is 2.58. The predicted molar refractivity (Wildman–Crippen MR) is 92.4 cm³/mol. The van der Waals surface area contributed by atoms with Gasteiger partial charge in [0.2, 0.25) is 0 Å². The molecule has 0 bridgehead atoms. The first-order chi connectivity index (χ1) is 11.1. The minimum absolute atomic E-state index is 0.0962. The molecule has 0 saturated carbocycles. The lowest BCUT2D eigenvalue weighted by Gasteiger charge is -2.20. The van der Waals surface area contributed by atoms with E-state index in [2.05, 4.69) is 15.6 Å². The van der Waals surface area contributed by atoms with E-state index >= 15 is 0 Å². The van der Waals surface area contributed by atoms with Gasteiger partial charge in [-0.3, -0.25) is 9.59 Å². The van der Waals surface area contributed by atoms with Crippen LogP contribution >= 0.6 is 11.6 Å². The number of hydrogen-bond acceptors (Lipinski definition) is 5. The summed E-state index contributed by atoms with van der Waals surface area (Å²) in [5, 5.41) is 6.33. The maximum atomic E-state index is 11.8. The van der Waals surface area contributed by atoms with E-state index in [0.717, 1.165) is 5.56 Å². The van der Waals surface area contributed by atoms with Gasteiger partial charge in [-0.05, 0) is 24.6 Å². The second-order valence-electron chi connectivity index (χ2n) is 5.18. The third-order valence-electron chi connectivity index (χ3n) is 3.57. The lowest BCUT2D eigenvalue weighted by atomic mass is 10.1. The summed E-state index contributed by atoms with van der Waals surface area (Å²) in [7, 11) is 0. The third-order valence-corrected chi connectivity index (χ3v) is 3.77. The van der Waals surface area contributed by atoms with E-state index in [0.29, 0.717) is 16.5 Å². The molecule has 0 amide bonds. The highest BCUT2D eigenvalue weighted by Crippen LogP contribution is 2.25. The summed E-state index contributed by atoms with van der Waals surface area (Å²) in [4.78, 5) is 27.5. The number of pyridine rings is 1. The van der Waals surface area contributed by atoms with Gasteiger partial charge in [-0.25, -0.2) is 4.98 Å². The standard InChI is InChI=1S/C17H14ClN3O2/c1-10(11-5-3-2-4-6-11)20-14-15(17(23)16(14)22)21-12-7-8-19-13(18)9-12/h2-10,20H,1H3,(H,19,21)/t10-/m1/s1. The molecule has 3 rings (SSSR count). The highest BCUT2D eigenvalue weighted by atomic mass is 35.5.